The molecule has 0 amide bonds. The Labute approximate surface area is 191 Å². The first-order valence-corrected chi connectivity index (χ1v) is 10.4. The third kappa shape index (κ3) is 4.54. The van der Waals surface area contributed by atoms with Crippen LogP contribution in [0.25, 0.3) is 11.2 Å². The minimum atomic E-state index is -4.86. The first-order chi connectivity index (χ1) is 16.1. The lowest BCUT2D eigenvalue weighted by atomic mass is 10.1. The maximum Gasteiger partial charge on any atom is 0.573 e. The molecular formula is C23H21F3N4O4. The highest BCUT2D eigenvalue weighted by Crippen LogP contribution is 2.30. The van der Waals surface area contributed by atoms with Gasteiger partial charge in [0.05, 0.1) is 6.54 Å². The quantitative estimate of drug-likeness (QED) is 0.423. The second kappa shape index (κ2) is 8.73. The summed E-state index contributed by atoms with van der Waals surface area (Å²) in [5.74, 6) is -0.447. The van der Waals surface area contributed by atoms with Crippen LogP contribution in [0.3, 0.4) is 0 Å². The lowest BCUT2D eigenvalue weighted by Gasteiger charge is -2.12. The van der Waals surface area contributed by atoms with E-state index in [4.69, 9.17) is 4.74 Å². The van der Waals surface area contributed by atoms with E-state index in [2.05, 4.69) is 9.72 Å². The number of hydrogen-bond donors (Lipinski definition) is 0. The molecule has 0 atom stereocenters. The highest BCUT2D eigenvalue weighted by atomic mass is 19.4. The topological polar surface area (TPSA) is 80.3 Å². The van der Waals surface area contributed by atoms with Gasteiger partial charge in [0.1, 0.15) is 11.5 Å². The maximum absolute atomic E-state index is 13.0. The first kappa shape index (κ1) is 23.1. The molecule has 2 heterocycles. The Kier molecular flexibility index (Phi) is 5.94. The van der Waals surface area contributed by atoms with E-state index in [1.54, 1.807) is 6.92 Å². The molecule has 0 fully saturated rings. The molecule has 8 nitrogen and oxygen atoms in total. The average molecular weight is 474 g/mol. The first-order valence-electron chi connectivity index (χ1n) is 10.4. The normalized spacial score (nSPS) is 11.7. The molecule has 0 saturated carbocycles. The Morgan fingerprint density at radius 2 is 1.68 bits per heavy atom. The molecule has 0 aliphatic heterocycles. The second-order valence-electron chi connectivity index (χ2n) is 7.65. The van der Waals surface area contributed by atoms with Crippen LogP contribution in [0.5, 0.6) is 17.5 Å². The minimum Gasteiger partial charge on any atom is -0.425 e. The Morgan fingerprint density at radius 1 is 1.00 bits per heavy atom. The Hall–Kier alpha value is -4.02. The number of rotatable bonds is 6. The molecule has 4 aromatic rings. The van der Waals surface area contributed by atoms with E-state index in [9.17, 15) is 22.8 Å². The standard InChI is InChI=1S/C23H21F3N4O4/c1-4-29-19-18(20(31)28(3)22(29)32)30(13-15-10-8-14(2)9-11-15)21(27-19)33-16-6-5-7-17(12-16)34-23(24,25)26/h5-12H,4,13H2,1-3H3. The van der Waals surface area contributed by atoms with E-state index in [0.717, 1.165) is 27.8 Å². The lowest BCUT2D eigenvalue weighted by molar-refractivity contribution is -0.274. The molecule has 0 aliphatic rings. The zero-order chi connectivity index (χ0) is 24.6. The van der Waals surface area contributed by atoms with Crippen molar-refractivity contribution < 1.29 is 22.6 Å². The number of hydrogen-bond acceptors (Lipinski definition) is 5. The van der Waals surface area contributed by atoms with Crippen molar-refractivity contribution in [3.63, 3.8) is 0 Å². The maximum atomic E-state index is 13.0. The number of nitrogens with zero attached hydrogens (tertiary/aromatic N) is 4. The van der Waals surface area contributed by atoms with Crippen molar-refractivity contribution in [3.05, 3.63) is 80.5 Å². The van der Waals surface area contributed by atoms with Crippen LogP contribution in [-0.2, 0) is 20.1 Å². The highest BCUT2D eigenvalue weighted by Gasteiger charge is 2.31. The van der Waals surface area contributed by atoms with E-state index < -0.39 is 23.4 Å². The third-order valence-electron chi connectivity index (χ3n) is 5.22. The van der Waals surface area contributed by atoms with Crippen molar-refractivity contribution in [2.75, 3.05) is 0 Å². The van der Waals surface area contributed by atoms with Gasteiger partial charge in [-0.25, -0.2) is 4.79 Å². The molecule has 0 radical (unpaired) electrons. The molecule has 4 rings (SSSR count). The van der Waals surface area contributed by atoms with E-state index in [1.807, 2.05) is 31.2 Å². The predicted molar refractivity (Wildman–Crippen MR) is 118 cm³/mol. The summed E-state index contributed by atoms with van der Waals surface area (Å²) in [7, 11) is 1.37. The number of fused-ring (bicyclic) bond motifs is 1. The van der Waals surface area contributed by atoms with Gasteiger partial charge < -0.3 is 9.47 Å². The van der Waals surface area contributed by atoms with Crippen molar-refractivity contribution in [2.45, 2.75) is 33.3 Å². The molecule has 0 aliphatic carbocycles. The largest absolute Gasteiger partial charge is 0.573 e. The number of ether oxygens (including phenoxy) is 2. The van der Waals surface area contributed by atoms with Crippen LogP contribution in [0.2, 0.25) is 0 Å². The van der Waals surface area contributed by atoms with Gasteiger partial charge >= 0.3 is 18.1 Å². The van der Waals surface area contributed by atoms with Crippen LogP contribution in [0, 0.1) is 6.92 Å². The van der Waals surface area contributed by atoms with Crippen LogP contribution in [-0.4, -0.2) is 25.0 Å². The summed E-state index contributed by atoms with van der Waals surface area (Å²) in [5, 5.41) is 0. The van der Waals surface area contributed by atoms with E-state index in [1.165, 1.54) is 28.3 Å². The number of benzene rings is 2. The Balaban J connectivity index is 1.88. The Morgan fingerprint density at radius 3 is 2.32 bits per heavy atom. The van der Waals surface area contributed by atoms with Crippen LogP contribution in [0.15, 0.2) is 58.1 Å². The lowest BCUT2D eigenvalue weighted by Crippen LogP contribution is -2.38. The van der Waals surface area contributed by atoms with E-state index in [0.29, 0.717) is 0 Å². The summed E-state index contributed by atoms with van der Waals surface area (Å²) in [6.45, 7) is 4.11. The van der Waals surface area contributed by atoms with Crippen molar-refractivity contribution in [1.29, 1.82) is 0 Å². The van der Waals surface area contributed by atoms with Crippen molar-refractivity contribution in [2.24, 2.45) is 7.05 Å². The molecule has 0 saturated heterocycles. The molecule has 11 heteroatoms. The van der Waals surface area contributed by atoms with Gasteiger partial charge in [-0.1, -0.05) is 35.9 Å². The SMILES string of the molecule is CCn1c(=O)n(C)c(=O)c2c1nc(Oc1cccc(OC(F)(F)F)c1)n2Cc1ccc(C)cc1. The minimum absolute atomic E-state index is 0.0180. The summed E-state index contributed by atoms with van der Waals surface area (Å²) in [6.07, 6.45) is -4.86. The van der Waals surface area contributed by atoms with Crippen LogP contribution in [0.4, 0.5) is 13.2 Å². The van der Waals surface area contributed by atoms with Gasteiger partial charge in [0, 0.05) is 19.7 Å². The van der Waals surface area contributed by atoms with Crippen LogP contribution in [0.1, 0.15) is 18.1 Å². The van der Waals surface area contributed by atoms with Gasteiger partial charge in [-0.2, -0.15) is 4.98 Å². The molecule has 0 N–H and O–H groups in total. The molecule has 0 spiro atoms. The summed E-state index contributed by atoms with van der Waals surface area (Å²) < 4.78 is 51.5. The van der Waals surface area contributed by atoms with Gasteiger partial charge in [0.15, 0.2) is 11.2 Å². The second-order valence-corrected chi connectivity index (χ2v) is 7.65. The van der Waals surface area contributed by atoms with Crippen molar-refractivity contribution >= 4 is 11.2 Å². The molecule has 34 heavy (non-hydrogen) atoms. The summed E-state index contributed by atoms with van der Waals surface area (Å²) in [6, 6.07) is 12.5. The number of aryl methyl sites for hydroxylation is 2. The van der Waals surface area contributed by atoms with Gasteiger partial charge in [0.2, 0.25) is 0 Å². The van der Waals surface area contributed by atoms with Crippen LogP contribution < -0.4 is 20.7 Å². The number of alkyl halides is 3. The van der Waals surface area contributed by atoms with Crippen molar-refractivity contribution in [3.8, 4) is 17.5 Å². The zero-order valence-electron chi connectivity index (χ0n) is 18.6. The van der Waals surface area contributed by atoms with E-state index in [-0.39, 0.29) is 36.0 Å². The van der Waals surface area contributed by atoms with Crippen LogP contribution >= 0.6 is 0 Å². The molecular weight excluding hydrogens is 453 g/mol. The van der Waals surface area contributed by atoms with Gasteiger partial charge in [-0.05, 0) is 31.5 Å². The van der Waals surface area contributed by atoms with E-state index >= 15 is 0 Å². The van der Waals surface area contributed by atoms with Gasteiger partial charge in [0.25, 0.3) is 5.56 Å². The molecule has 2 aromatic carbocycles. The summed E-state index contributed by atoms with van der Waals surface area (Å²) in [5.41, 5.74) is 1.05. The molecule has 2 aromatic heterocycles. The number of imidazole rings is 1. The average Bonchev–Trinajstić information content (AvgIpc) is 3.10. The van der Waals surface area contributed by atoms with Gasteiger partial charge in [-0.3, -0.25) is 18.5 Å². The summed E-state index contributed by atoms with van der Waals surface area (Å²) in [4.78, 5) is 30.0. The third-order valence-corrected chi connectivity index (χ3v) is 5.22. The summed E-state index contributed by atoms with van der Waals surface area (Å²) >= 11 is 0. The van der Waals surface area contributed by atoms with Crippen molar-refractivity contribution in [1.82, 2.24) is 18.7 Å². The molecule has 0 unspecified atom stereocenters. The predicted octanol–water partition coefficient (Wildman–Crippen LogP) is 3.96. The molecule has 0 bridgehead atoms. The fourth-order valence-corrected chi connectivity index (χ4v) is 3.56. The molecule has 178 valence electrons. The fourth-order valence-electron chi connectivity index (χ4n) is 3.56. The monoisotopic (exact) mass is 474 g/mol. The number of halogens is 3. The number of aromatic nitrogens is 4. The zero-order valence-corrected chi connectivity index (χ0v) is 18.6. The fraction of sp³-hybridized carbons (Fsp3) is 0.261. The highest BCUT2D eigenvalue weighted by molar-refractivity contribution is 5.72. The van der Waals surface area contributed by atoms with Gasteiger partial charge in [-0.15, -0.1) is 13.2 Å². The Bertz CT molecular complexity index is 1470. The smallest absolute Gasteiger partial charge is 0.425 e.